The molecule has 2 unspecified atom stereocenters. The molecule has 0 bridgehead atoms. The van der Waals surface area contributed by atoms with Gasteiger partial charge in [0.05, 0.1) is 12.6 Å². The molecule has 0 spiro atoms. The normalized spacial score (nSPS) is 19.2. The predicted molar refractivity (Wildman–Crippen MR) is 77.7 cm³/mol. The number of hydrogen-bond donors (Lipinski definition) is 1. The largest absolute Gasteiger partial charge is 0.486 e. The second-order valence-corrected chi connectivity index (χ2v) is 5.34. The zero-order valence-corrected chi connectivity index (χ0v) is 12.3. The van der Waals surface area contributed by atoms with Gasteiger partial charge < -0.3 is 14.8 Å². The Kier molecular flexibility index (Phi) is 5.99. The van der Waals surface area contributed by atoms with Gasteiger partial charge in [0.1, 0.15) is 6.10 Å². The fourth-order valence-electron chi connectivity index (χ4n) is 2.31. The lowest BCUT2D eigenvalue weighted by Crippen LogP contribution is -2.34. The van der Waals surface area contributed by atoms with Crippen molar-refractivity contribution in [3.63, 3.8) is 0 Å². The van der Waals surface area contributed by atoms with Crippen LogP contribution in [0.15, 0.2) is 24.3 Å². The van der Waals surface area contributed by atoms with Crippen LogP contribution in [0.3, 0.4) is 0 Å². The van der Waals surface area contributed by atoms with Crippen LogP contribution in [0.2, 0.25) is 0 Å². The minimum absolute atomic E-state index is 0.0190. The Morgan fingerprint density at radius 1 is 1.52 bits per heavy atom. The number of carbonyl (C=O) groups is 1. The fraction of sp³-hybridized carbons (Fsp3) is 0.562. The molecule has 4 nitrogen and oxygen atoms in total. The van der Waals surface area contributed by atoms with E-state index in [-0.39, 0.29) is 23.9 Å². The third-order valence-corrected chi connectivity index (χ3v) is 3.47. The van der Waals surface area contributed by atoms with E-state index in [2.05, 4.69) is 5.32 Å². The molecule has 1 saturated heterocycles. The summed E-state index contributed by atoms with van der Waals surface area (Å²) in [5.74, 6) is -0.206. The molecule has 2 atom stereocenters. The smallest absolute Gasteiger partial charge is 0.220 e. The number of hydrogen-bond acceptors (Lipinski definition) is 3. The van der Waals surface area contributed by atoms with Gasteiger partial charge in [0.2, 0.25) is 5.91 Å². The summed E-state index contributed by atoms with van der Waals surface area (Å²) in [6.45, 7) is 2.96. The third-order valence-electron chi connectivity index (χ3n) is 3.47. The van der Waals surface area contributed by atoms with Crippen molar-refractivity contribution in [2.24, 2.45) is 0 Å². The molecule has 0 radical (unpaired) electrons. The Labute approximate surface area is 124 Å². The molecule has 1 fully saturated rings. The van der Waals surface area contributed by atoms with Gasteiger partial charge in [-0.3, -0.25) is 4.79 Å². The molecule has 1 aromatic rings. The lowest BCUT2D eigenvalue weighted by molar-refractivity contribution is -0.122. The second kappa shape index (κ2) is 7.98. The number of benzene rings is 1. The molecule has 116 valence electrons. The Morgan fingerprint density at radius 3 is 3.05 bits per heavy atom. The number of nitrogens with one attached hydrogen (secondary N) is 1. The number of ether oxygens (including phenoxy) is 2. The van der Waals surface area contributed by atoms with Crippen molar-refractivity contribution >= 4 is 5.91 Å². The first-order valence-corrected chi connectivity index (χ1v) is 7.44. The van der Waals surface area contributed by atoms with Gasteiger partial charge >= 0.3 is 0 Å². The Balaban J connectivity index is 1.65. The van der Waals surface area contributed by atoms with Crippen LogP contribution in [0.5, 0.6) is 5.75 Å². The van der Waals surface area contributed by atoms with Crippen LogP contribution < -0.4 is 10.1 Å². The van der Waals surface area contributed by atoms with E-state index < -0.39 is 5.82 Å². The van der Waals surface area contributed by atoms with E-state index in [1.807, 2.05) is 0 Å². The lowest BCUT2D eigenvalue weighted by Gasteiger charge is -2.16. The van der Waals surface area contributed by atoms with E-state index in [0.29, 0.717) is 13.0 Å². The highest BCUT2D eigenvalue weighted by atomic mass is 19.1. The Hall–Kier alpha value is -1.62. The number of carbonyl (C=O) groups excluding carboxylic acids is 1. The van der Waals surface area contributed by atoms with Crippen LogP contribution in [-0.4, -0.2) is 31.3 Å². The maximum absolute atomic E-state index is 13.4. The minimum Gasteiger partial charge on any atom is -0.486 e. The first-order chi connectivity index (χ1) is 10.1. The highest BCUT2D eigenvalue weighted by molar-refractivity contribution is 5.75. The van der Waals surface area contributed by atoms with E-state index in [0.717, 1.165) is 25.9 Å². The van der Waals surface area contributed by atoms with E-state index in [1.165, 1.54) is 6.07 Å². The molecule has 1 aliphatic heterocycles. The lowest BCUT2D eigenvalue weighted by atomic mass is 10.1. The van der Waals surface area contributed by atoms with Crippen molar-refractivity contribution < 1.29 is 18.7 Å². The predicted octanol–water partition coefficient (Wildman–Crippen LogP) is 2.67. The number of para-hydroxylation sites is 1. The Morgan fingerprint density at radius 2 is 2.33 bits per heavy atom. The average molecular weight is 295 g/mol. The number of halogens is 1. The zero-order chi connectivity index (χ0) is 15.1. The van der Waals surface area contributed by atoms with Gasteiger partial charge in [0, 0.05) is 13.0 Å². The highest BCUT2D eigenvalue weighted by Gasteiger charge is 2.17. The van der Waals surface area contributed by atoms with Crippen molar-refractivity contribution in [1.82, 2.24) is 5.32 Å². The van der Waals surface area contributed by atoms with Crippen molar-refractivity contribution in [3.05, 3.63) is 30.1 Å². The van der Waals surface area contributed by atoms with Gasteiger partial charge in [-0.15, -0.1) is 0 Å². The molecular weight excluding hydrogens is 273 g/mol. The van der Waals surface area contributed by atoms with Gasteiger partial charge in [-0.2, -0.15) is 0 Å². The molecular formula is C16H22FNO3. The minimum atomic E-state index is -0.394. The molecule has 1 N–H and O–H groups in total. The molecule has 0 aromatic heterocycles. The van der Waals surface area contributed by atoms with Gasteiger partial charge in [-0.1, -0.05) is 12.1 Å². The molecule has 1 aliphatic rings. The quantitative estimate of drug-likeness (QED) is 0.841. The summed E-state index contributed by atoms with van der Waals surface area (Å²) in [6, 6.07) is 6.25. The first kappa shape index (κ1) is 15.8. The van der Waals surface area contributed by atoms with Crippen molar-refractivity contribution in [3.8, 4) is 5.75 Å². The standard InChI is InChI=1S/C16H22FNO3/c1-12(21-15-7-3-2-6-14(15)17)11-18-16(19)9-8-13-5-4-10-20-13/h2-3,6-7,12-13H,4-5,8-11H2,1H3,(H,18,19). The van der Waals surface area contributed by atoms with Crippen LogP contribution >= 0.6 is 0 Å². The first-order valence-electron chi connectivity index (χ1n) is 7.44. The summed E-state index contributed by atoms with van der Waals surface area (Å²) >= 11 is 0. The summed E-state index contributed by atoms with van der Waals surface area (Å²) in [4.78, 5) is 11.7. The molecule has 0 saturated carbocycles. The Bertz CT molecular complexity index is 461. The summed E-state index contributed by atoms with van der Waals surface area (Å²) in [5.41, 5.74) is 0. The topological polar surface area (TPSA) is 47.6 Å². The number of rotatable bonds is 7. The maximum Gasteiger partial charge on any atom is 0.220 e. The highest BCUT2D eigenvalue weighted by Crippen LogP contribution is 2.17. The number of amides is 1. The molecule has 1 amide bonds. The van der Waals surface area contributed by atoms with E-state index in [4.69, 9.17) is 9.47 Å². The molecule has 0 aliphatic carbocycles. The molecule has 1 aromatic carbocycles. The van der Waals surface area contributed by atoms with Crippen LogP contribution in [0.4, 0.5) is 4.39 Å². The van der Waals surface area contributed by atoms with Crippen LogP contribution in [0.1, 0.15) is 32.6 Å². The van der Waals surface area contributed by atoms with Crippen LogP contribution in [-0.2, 0) is 9.53 Å². The summed E-state index contributed by atoms with van der Waals surface area (Å²) in [5, 5.41) is 2.80. The van der Waals surface area contributed by atoms with Crippen LogP contribution in [0.25, 0.3) is 0 Å². The van der Waals surface area contributed by atoms with Crippen molar-refractivity contribution in [2.45, 2.75) is 44.8 Å². The van der Waals surface area contributed by atoms with Gasteiger partial charge in [0.15, 0.2) is 11.6 Å². The molecule has 2 rings (SSSR count). The monoisotopic (exact) mass is 295 g/mol. The van der Waals surface area contributed by atoms with Gasteiger partial charge in [-0.05, 0) is 38.3 Å². The summed E-state index contributed by atoms with van der Waals surface area (Å²) in [6.07, 6.45) is 3.28. The van der Waals surface area contributed by atoms with E-state index >= 15 is 0 Å². The van der Waals surface area contributed by atoms with Crippen molar-refractivity contribution in [1.29, 1.82) is 0 Å². The SMILES string of the molecule is CC(CNC(=O)CCC1CCCO1)Oc1ccccc1F. The van der Waals surface area contributed by atoms with Gasteiger partial charge in [-0.25, -0.2) is 4.39 Å². The fourth-order valence-corrected chi connectivity index (χ4v) is 2.31. The van der Waals surface area contributed by atoms with Gasteiger partial charge in [0.25, 0.3) is 0 Å². The van der Waals surface area contributed by atoms with E-state index in [9.17, 15) is 9.18 Å². The molecule has 21 heavy (non-hydrogen) atoms. The third kappa shape index (κ3) is 5.34. The average Bonchev–Trinajstić information content (AvgIpc) is 2.99. The summed E-state index contributed by atoms with van der Waals surface area (Å²) < 4.78 is 24.3. The molecule has 5 heteroatoms. The van der Waals surface area contributed by atoms with Crippen molar-refractivity contribution in [2.75, 3.05) is 13.2 Å². The van der Waals surface area contributed by atoms with Crippen LogP contribution in [0, 0.1) is 5.82 Å². The second-order valence-electron chi connectivity index (χ2n) is 5.34. The summed E-state index contributed by atoms with van der Waals surface area (Å²) in [7, 11) is 0. The van der Waals surface area contributed by atoms with E-state index in [1.54, 1.807) is 25.1 Å². The molecule has 1 heterocycles. The maximum atomic E-state index is 13.4. The zero-order valence-electron chi connectivity index (χ0n) is 12.3.